The number of carbonyl (C=O) groups is 2. The molecule has 9 nitrogen and oxygen atoms in total. The van der Waals surface area contributed by atoms with E-state index in [0.29, 0.717) is 21.8 Å². The third-order valence-electron chi connectivity index (χ3n) is 6.82. The summed E-state index contributed by atoms with van der Waals surface area (Å²) in [5, 5.41) is 8.27. The Kier molecular flexibility index (Phi) is 8.04. The van der Waals surface area contributed by atoms with E-state index in [1.807, 2.05) is 48.5 Å². The van der Waals surface area contributed by atoms with Crippen molar-refractivity contribution in [1.82, 2.24) is 20.4 Å². The van der Waals surface area contributed by atoms with E-state index in [9.17, 15) is 9.59 Å². The average Bonchev–Trinajstić information content (AvgIpc) is 3.49. The Hall–Kier alpha value is -3.95. The smallest absolute Gasteiger partial charge is 0.311 e. The summed E-state index contributed by atoms with van der Waals surface area (Å²) in [5.41, 5.74) is 2.12. The lowest BCUT2D eigenvalue weighted by molar-refractivity contribution is -0.134. The van der Waals surface area contributed by atoms with E-state index in [0.717, 1.165) is 11.1 Å². The molecule has 1 fully saturated rings. The molecule has 0 saturated heterocycles. The van der Waals surface area contributed by atoms with Crippen molar-refractivity contribution in [3.8, 4) is 11.5 Å². The van der Waals surface area contributed by atoms with E-state index in [1.54, 1.807) is 13.8 Å². The Balaban J connectivity index is 1.37. The van der Waals surface area contributed by atoms with Gasteiger partial charge in [0, 0.05) is 40.6 Å². The zero-order chi connectivity index (χ0) is 28.4. The first kappa shape index (κ1) is 27.6. The molecule has 2 heterocycles. The number of carbonyl (C=O) groups excluding carboxylic acids is 2. The van der Waals surface area contributed by atoms with Crippen LogP contribution in [0.15, 0.2) is 65.3 Å². The largest absolute Gasteiger partial charge is 0.493 e. The van der Waals surface area contributed by atoms with Gasteiger partial charge >= 0.3 is 5.97 Å². The van der Waals surface area contributed by atoms with Gasteiger partial charge in [-0.25, -0.2) is 4.98 Å². The van der Waals surface area contributed by atoms with E-state index in [2.05, 4.69) is 20.4 Å². The van der Waals surface area contributed by atoms with Gasteiger partial charge in [-0.2, -0.15) is 4.98 Å². The van der Waals surface area contributed by atoms with Crippen molar-refractivity contribution in [2.75, 3.05) is 7.11 Å². The molecule has 0 aliphatic heterocycles. The summed E-state index contributed by atoms with van der Waals surface area (Å²) < 4.78 is 16.3. The van der Waals surface area contributed by atoms with Gasteiger partial charge in [0.05, 0.1) is 19.1 Å². The van der Waals surface area contributed by atoms with Crippen LogP contribution in [0, 0.1) is 0 Å². The van der Waals surface area contributed by atoms with Crippen LogP contribution in [0.2, 0.25) is 10.0 Å². The first-order valence-electron chi connectivity index (χ1n) is 12.7. The van der Waals surface area contributed by atoms with Crippen molar-refractivity contribution in [3.05, 3.63) is 99.4 Å². The summed E-state index contributed by atoms with van der Waals surface area (Å²) in [6.07, 6.45) is 1.52. The maximum absolute atomic E-state index is 13.1. The van der Waals surface area contributed by atoms with Gasteiger partial charge in [0.2, 0.25) is 11.6 Å². The molecule has 5 rings (SSSR count). The first-order chi connectivity index (χ1) is 19.3. The van der Waals surface area contributed by atoms with E-state index < -0.39 is 17.9 Å². The number of pyridine rings is 1. The highest BCUT2D eigenvalue weighted by molar-refractivity contribution is 6.30. The monoisotopic (exact) mass is 580 g/mol. The fraction of sp³-hybridized carbons (Fsp3) is 0.276. The van der Waals surface area contributed by atoms with Crippen LogP contribution < -0.4 is 14.8 Å². The highest BCUT2D eigenvalue weighted by atomic mass is 35.5. The van der Waals surface area contributed by atoms with Crippen molar-refractivity contribution in [2.24, 2.45) is 0 Å². The molecule has 11 heteroatoms. The molecule has 1 N–H and O–H groups in total. The molecule has 3 atom stereocenters. The first-order valence-corrected chi connectivity index (χ1v) is 13.4. The van der Waals surface area contributed by atoms with Crippen molar-refractivity contribution in [3.63, 3.8) is 0 Å². The minimum absolute atomic E-state index is 0.0510. The number of hydrogen-bond donors (Lipinski definition) is 1. The molecule has 1 aliphatic carbocycles. The molecule has 1 saturated carbocycles. The van der Waals surface area contributed by atoms with Crippen LogP contribution in [0.3, 0.4) is 0 Å². The van der Waals surface area contributed by atoms with Crippen molar-refractivity contribution < 1.29 is 23.6 Å². The van der Waals surface area contributed by atoms with Gasteiger partial charge in [-0.05, 0) is 42.3 Å². The number of amides is 1. The Bertz CT molecular complexity index is 1470. The second-order valence-electron chi connectivity index (χ2n) is 9.38. The molecule has 0 spiro atoms. The number of esters is 1. The van der Waals surface area contributed by atoms with Crippen LogP contribution in [0.5, 0.6) is 11.5 Å². The van der Waals surface area contributed by atoms with Crippen LogP contribution in [-0.2, 0) is 4.79 Å². The molecule has 2 aromatic heterocycles. The van der Waals surface area contributed by atoms with Crippen molar-refractivity contribution in [2.45, 2.75) is 44.1 Å². The number of benzene rings is 2. The zero-order valence-corrected chi connectivity index (χ0v) is 23.4. The average molecular weight is 581 g/mol. The predicted molar refractivity (Wildman–Crippen MR) is 148 cm³/mol. The highest BCUT2D eigenvalue weighted by Crippen LogP contribution is 2.65. The van der Waals surface area contributed by atoms with Crippen LogP contribution in [0.4, 0.5) is 0 Å². The molecular weight excluding hydrogens is 555 g/mol. The molecule has 2 unspecified atom stereocenters. The second kappa shape index (κ2) is 11.7. The van der Waals surface area contributed by atoms with Gasteiger partial charge < -0.3 is 19.3 Å². The zero-order valence-electron chi connectivity index (χ0n) is 21.9. The standard InChI is InChI=1S/C29H26Cl2N4O5/c1-4-21(36)39-26-20(38-3)13-14-32-25(26)28(37)33-15(2)27-34-29(40-35-27)24-22(16-5-9-18(30)10-6-16)23(24)17-7-11-19(31)12-8-17/h5-15,22-24H,4H2,1-3H3,(H,33,37)/t15-,22?,23?,24?/m0/s1. The number of ether oxygens (including phenoxy) is 2. The molecule has 1 aliphatic rings. The number of rotatable bonds is 9. The van der Waals surface area contributed by atoms with E-state index in [-0.39, 0.29) is 41.4 Å². The van der Waals surface area contributed by atoms with Gasteiger partial charge in [0.15, 0.2) is 17.3 Å². The predicted octanol–water partition coefficient (Wildman–Crippen LogP) is 6.25. The topological polar surface area (TPSA) is 116 Å². The highest BCUT2D eigenvalue weighted by Gasteiger charge is 2.55. The normalized spacial score (nSPS) is 18.6. The van der Waals surface area contributed by atoms with E-state index >= 15 is 0 Å². The number of hydrogen-bond acceptors (Lipinski definition) is 8. The maximum atomic E-state index is 13.1. The SMILES string of the molecule is CCC(=O)Oc1c(OC)ccnc1C(=O)N[C@@H](C)c1noc(C2C(c3ccc(Cl)cc3)C2c2ccc(Cl)cc2)n1. The fourth-order valence-electron chi connectivity index (χ4n) is 4.74. The molecule has 1 amide bonds. The van der Waals surface area contributed by atoms with Crippen molar-refractivity contribution in [1.29, 1.82) is 0 Å². The molecule has 2 aromatic carbocycles. The Morgan fingerprint density at radius 3 is 2.12 bits per heavy atom. The number of nitrogens with one attached hydrogen (secondary N) is 1. The van der Waals surface area contributed by atoms with Gasteiger partial charge in [-0.15, -0.1) is 0 Å². The number of halogens is 2. The summed E-state index contributed by atoms with van der Waals surface area (Å²) in [7, 11) is 1.41. The Labute approximate surface area is 240 Å². The Morgan fingerprint density at radius 2 is 1.57 bits per heavy atom. The minimum Gasteiger partial charge on any atom is -0.493 e. The van der Waals surface area contributed by atoms with Crippen LogP contribution in [-0.4, -0.2) is 34.1 Å². The molecule has 0 bridgehead atoms. The summed E-state index contributed by atoms with van der Waals surface area (Å²) in [6, 6.07) is 16.3. The number of methoxy groups -OCH3 is 1. The lowest BCUT2D eigenvalue weighted by Gasteiger charge is -2.14. The van der Waals surface area contributed by atoms with E-state index in [1.165, 1.54) is 19.4 Å². The molecule has 4 aromatic rings. The third kappa shape index (κ3) is 5.66. The van der Waals surface area contributed by atoms with Crippen LogP contribution in [0.25, 0.3) is 0 Å². The summed E-state index contributed by atoms with van der Waals surface area (Å²) >= 11 is 12.2. The number of aromatic nitrogens is 3. The third-order valence-corrected chi connectivity index (χ3v) is 7.32. The molecular formula is C29H26Cl2N4O5. The molecule has 0 radical (unpaired) electrons. The fourth-order valence-corrected chi connectivity index (χ4v) is 5.00. The van der Waals surface area contributed by atoms with E-state index in [4.69, 9.17) is 37.2 Å². The van der Waals surface area contributed by atoms with Crippen molar-refractivity contribution >= 4 is 35.1 Å². The van der Waals surface area contributed by atoms with Gasteiger partial charge in [0.1, 0.15) is 0 Å². The summed E-state index contributed by atoms with van der Waals surface area (Å²) in [6.45, 7) is 3.38. The van der Waals surface area contributed by atoms with Gasteiger partial charge in [0.25, 0.3) is 5.91 Å². The lowest BCUT2D eigenvalue weighted by Crippen LogP contribution is -2.29. The van der Waals surface area contributed by atoms with Crippen LogP contribution >= 0.6 is 23.2 Å². The minimum atomic E-state index is -0.630. The van der Waals surface area contributed by atoms with Crippen LogP contribution in [0.1, 0.15) is 77.4 Å². The lowest BCUT2D eigenvalue weighted by atomic mass is 10.0. The summed E-state index contributed by atoms with van der Waals surface area (Å²) in [4.78, 5) is 33.8. The van der Waals surface area contributed by atoms with Gasteiger partial charge in [-0.1, -0.05) is 59.5 Å². The molecule has 40 heavy (non-hydrogen) atoms. The quantitative estimate of drug-likeness (QED) is 0.231. The summed E-state index contributed by atoms with van der Waals surface area (Å²) in [5.74, 6) is -0.0274. The number of nitrogens with zero attached hydrogens (tertiary/aromatic N) is 3. The molecule has 206 valence electrons. The maximum Gasteiger partial charge on any atom is 0.311 e. The Morgan fingerprint density at radius 1 is 0.975 bits per heavy atom. The van der Waals surface area contributed by atoms with Gasteiger partial charge in [-0.3, -0.25) is 9.59 Å². The second-order valence-corrected chi connectivity index (χ2v) is 10.3.